The summed E-state index contributed by atoms with van der Waals surface area (Å²) >= 11 is 0. The van der Waals surface area contributed by atoms with Crippen molar-refractivity contribution >= 4 is 18.1 Å². The fourth-order valence-electron chi connectivity index (χ4n) is 3.06. The summed E-state index contributed by atoms with van der Waals surface area (Å²) in [6.45, 7) is 11.0. The highest BCUT2D eigenvalue weighted by Gasteiger charge is 2.32. The molecule has 1 aromatic heterocycles. The number of rotatable bonds is 8. The molecule has 0 radical (unpaired) electrons. The first kappa shape index (κ1) is 22.2. The number of benzene rings is 1. The third-order valence-electron chi connectivity index (χ3n) is 4.93. The molecule has 29 heavy (non-hydrogen) atoms. The van der Waals surface area contributed by atoms with E-state index in [1.165, 1.54) is 4.31 Å². The number of morpholine rings is 1. The molecule has 0 unspecified atom stereocenters. The summed E-state index contributed by atoms with van der Waals surface area (Å²) in [6.07, 6.45) is 3.27. The summed E-state index contributed by atoms with van der Waals surface area (Å²) in [6, 6.07) is 8.06. The topological polar surface area (TPSA) is 73.7 Å². The van der Waals surface area contributed by atoms with Crippen LogP contribution in [-0.2, 0) is 26.2 Å². The highest BCUT2D eigenvalue weighted by Crippen LogP contribution is 2.26. The first-order valence-electron chi connectivity index (χ1n) is 9.94. The number of hydrogen-bond acceptors (Lipinski definition) is 5. The van der Waals surface area contributed by atoms with Crippen molar-refractivity contribution in [3.8, 4) is 0 Å². The highest BCUT2D eigenvalue weighted by atomic mass is 32.2. The van der Waals surface area contributed by atoms with Gasteiger partial charge in [-0.3, -0.25) is 0 Å². The second kappa shape index (κ2) is 9.09. The molecule has 1 fully saturated rings. The molecule has 0 aliphatic carbocycles. The Morgan fingerprint density at radius 1 is 1.24 bits per heavy atom. The third-order valence-corrected chi connectivity index (χ3v) is 8.52. The Morgan fingerprint density at radius 3 is 2.66 bits per heavy atom. The van der Waals surface area contributed by atoms with Crippen LogP contribution in [-0.4, -0.2) is 56.9 Å². The van der Waals surface area contributed by atoms with Crippen LogP contribution in [0, 0.1) is 6.92 Å². The number of nitrogens with zero attached hydrogens (tertiary/aromatic N) is 3. The van der Waals surface area contributed by atoms with Crippen LogP contribution >= 0.6 is 0 Å². The van der Waals surface area contributed by atoms with Crippen molar-refractivity contribution in [2.45, 2.75) is 50.3 Å². The van der Waals surface area contributed by atoms with Gasteiger partial charge < -0.3 is 9.47 Å². The van der Waals surface area contributed by atoms with E-state index in [1.54, 1.807) is 23.0 Å². The Bertz CT molecular complexity index is 907. The minimum Gasteiger partial charge on any atom is -0.371 e. The van der Waals surface area contributed by atoms with Gasteiger partial charge in [0.15, 0.2) is 0 Å². The number of hydrogen-bond donors (Lipinski definition) is 0. The normalized spacial score (nSPS) is 18.8. The van der Waals surface area contributed by atoms with E-state index in [-0.39, 0.29) is 12.6 Å². The zero-order valence-corrected chi connectivity index (χ0v) is 19.5. The van der Waals surface area contributed by atoms with E-state index in [1.807, 2.05) is 25.3 Å². The molecule has 1 saturated heterocycles. The minimum absolute atomic E-state index is 0.276. The lowest BCUT2D eigenvalue weighted by atomic mass is 10.2. The molecule has 160 valence electrons. The number of sulfonamides is 1. The van der Waals surface area contributed by atoms with Crippen LogP contribution in [0.4, 0.5) is 0 Å². The van der Waals surface area contributed by atoms with Crippen LogP contribution in [0.25, 0.3) is 0 Å². The molecule has 2 aromatic rings. The van der Waals surface area contributed by atoms with Crippen LogP contribution in [0.1, 0.15) is 17.2 Å². The number of aromatic nitrogens is 2. The number of aryl methyl sites for hydroxylation is 1. The van der Waals surface area contributed by atoms with Gasteiger partial charge in [-0.1, -0.05) is 37.3 Å². The van der Waals surface area contributed by atoms with Crippen molar-refractivity contribution in [2.24, 2.45) is 0 Å². The lowest BCUT2D eigenvalue weighted by Crippen LogP contribution is -2.42. The van der Waals surface area contributed by atoms with Crippen molar-refractivity contribution in [1.82, 2.24) is 14.1 Å². The Morgan fingerprint density at radius 2 is 1.97 bits per heavy atom. The average molecular weight is 438 g/mol. The summed E-state index contributed by atoms with van der Waals surface area (Å²) in [4.78, 5) is 0.315. The fraction of sp³-hybridized carbons (Fsp3) is 0.550. The maximum atomic E-state index is 13.0. The summed E-state index contributed by atoms with van der Waals surface area (Å²) < 4.78 is 40.7. The summed E-state index contributed by atoms with van der Waals surface area (Å²) in [5.41, 5.74) is 1.89. The molecule has 0 spiro atoms. The average Bonchev–Trinajstić information content (AvgIpc) is 3.14. The molecule has 2 heterocycles. The van der Waals surface area contributed by atoms with Crippen LogP contribution < -0.4 is 0 Å². The quantitative estimate of drug-likeness (QED) is 0.468. The van der Waals surface area contributed by atoms with Gasteiger partial charge in [0.2, 0.25) is 10.0 Å². The standard InChI is InChI=1S/C20H31N3O4SSi/c1-17-5-7-19(8-6-17)28(24,25)23-9-10-27-20(15-23)18-13-21-22(14-18)16-26-11-12-29(2,3)4/h5-8,13-14,20H,9-12,15-16H2,1-4H3/t20-/m1/s1. The monoisotopic (exact) mass is 437 g/mol. The zero-order valence-electron chi connectivity index (χ0n) is 17.7. The van der Waals surface area contributed by atoms with Gasteiger partial charge in [-0.25, -0.2) is 13.1 Å². The molecule has 7 nitrogen and oxygen atoms in total. The van der Waals surface area contributed by atoms with E-state index >= 15 is 0 Å². The first-order valence-corrected chi connectivity index (χ1v) is 15.1. The van der Waals surface area contributed by atoms with Crippen molar-refractivity contribution in [2.75, 3.05) is 26.3 Å². The molecule has 0 N–H and O–H groups in total. The van der Waals surface area contributed by atoms with Gasteiger partial charge in [0.25, 0.3) is 0 Å². The lowest BCUT2D eigenvalue weighted by molar-refractivity contribution is -0.00277. The van der Waals surface area contributed by atoms with Gasteiger partial charge >= 0.3 is 0 Å². The molecule has 9 heteroatoms. The van der Waals surface area contributed by atoms with Crippen LogP contribution in [0.3, 0.4) is 0 Å². The summed E-state index contributed by atoms with van der Waals surface area (Å²) in [5.74, 6) is 0. The Labute approximate surface area is 174 Å². The lowest BCUT2D eigenvalue weighted by Gasteiger charge is -2.31. The molecule has 0 bridgehead atoms. The molecular weight excluding hydrogens is 406 g/mol. The van der Waals surface area contributed by atoms with E-state index in [0.717, 1.165) is 23.8 Å². The van der Waals surface area contributed by atoms with Gasteiger partial charge in [-0.05, 0) is 25.1 Å². The second-order valence-corrected chi connectivity index (χ2v) is 16.3. The van der Waals surface area contributed by atoms with Gasteiger partial charge in [-0.15, -0.1) is 0 Å². The van der Waals surface area contributed by atoms with E-state index < -0.39 is 18.1 Å². The van der Waals surface area contributed by atoms with Crippen LogP contribution in [0.15, 0.2) is 41.6 Å². The molecule has 1 atom stereocenters. The molecule has 1 aromatic carbocycles. The Balaban J connectivity index is 1.61. The maximum Gasteiger partial charge on any atom is 0.243 e. The summed E-state index contributed by atoms with van der Waals surface area (Å²) in [5, 5.41) is 4.34. The van der Waals surface area contributed by atoms with Gasteiger partial charge in [-0.2, -0.15) is 9.40 Å². The largest absolute Gasteiger partial charge is 0.371 e. The van der Waals surface area contributed by atoms with Crippen molar-refractivity contribution in [3.05, 3.63) is 47.8 Å². The Hall–Kier alpha value is -1.52. The van der Waals surface area contributed by atoms with Crippen molar-refractivity contribution < 1.29 is 17.9 Å². The van der Waals surface area contributed by atoms with Crippen LogP contribution in [0.5, 0.6) is 0 Å². The van der Waals surface area contributed by atoms with Gasteiger partial charge in [0.05, 0.1) is 23.8 Å². The van der Waals surface area contributed by atoms with Crippen molar-refractivity contribution in [3.63, 3.8) is 0 Å². The molecule has 0 saturated carbocycles. The van der Waals surface area contributed by atoms with Gasteiger partial charge in [0.1, 0.15) is 6.73 Å². The predicted octanol–water partition coefficient (Wildman–Crippen LogP) is 3.27. The number of ether oxygens (including phenoxy) is 2. The zero-order chi connectivity index (χ0) is 21.1. The minimum atomic E-state index is -3.54. The van der Waals surface area contributed by atoms with Crippen molar-refractivity contribution in [1.29, 1.82) is 0 Å². The maximum absolute atomic E-state index is 13.0. The molecule has 1 aliphatic rings. The van der Waals surface area contributed by atoms with E-state index in [2.05, 4.69) is 24.7 Å². The smallest absolute Gasteiger partial charge is 0.243 e. The van der Waals surface area contributed by atoms with E-state index in [0.29, 0.717) is 24.8 Å². The molecule has 1 aliphatic heterocycles. The molecule has 3 rings (SSSR count). The fourth-order valence-corrected chi connectivity index (χ4v) is 5.24. The SMILES string of the molecule is Cc1ccc(S(=O)(=O)N2CCO[C@@H](c3cnn(COCC[Si](C)(C)C)c3)C2)cc1. The van der Waals surface area contributed by atoms with Crippen LogP contribution in [0.2, 0.25) is 25.7 Å². The Kier molecular flexibility index (Phi) is 6.95. The van der Waals surface area contributed by atoms with Gasteiger partial charge in [0, 0.05) is 39.5 Å². The molecular formula is C20H31N3O4SSi. The third kappa shape index (κ3) is 5.99. The first-order chi connectivity index (χ1) is 13.6. The highest BCUT2D eigenvalue weighted by molar-refractivity contribution is 7.89. The predicted molar refractivity (Wildman–Crippen MR) is 115 cm³/mol. The second-order valence-electron chi connectivity index (χ2n) is 8.70. The van der Waals surface area contributed by atoms with E-state index in [4.69, 9.17) is 9.47 Å². The molecule has 0 amide bonds. The summed E-state index contributed by atoms with van der Waals surface area (Å²) in [7, 11) is -4.65. The van der Waals surface area contributed by atoms with E-state index in [9.17, 15) is 8.42 Å².